The van der Waals surface area contributed by atoms with Gasteiger partial charge in [0, 0.05) is 11.0 Å². The molecule has 0 saturated heterocycles. The highest BCUT2D eigenvalue weighted by Crippen LogP contribution is 2.33. The SMILES string of the molecule is CCCCn1nnnc1COC(=O)Cc1cc(OC)c(OC)cc1Br. The van der Waals surface area contributed by atoms with E-state index in [-0.39, 0.29) is 19.0 Å². The molecule has 9 heteroatoms. The van der Waals surface area contributed by atoms with E-state index in [0.29, 0.717) is 23.9 Å². The van der Waals surface area contributed by atoms with Crippen molar-refractivity contribution >= 4 is 21.9 Å². The number of esters is 1. The number of carbonyl (C=O) groups excluding carboxylic acids is 1. The smallest absolute Gasteiger partial charge is 0.310 e. The van der Waals surface area contributed by atoms with Crippen LogP contribution in [0.2, 0.25) is 0 Å². The van der Waals surface area contributed by atoms with Crippen molar-refractivity contribution < 1.29 is 19.0 Å². The highest BCUT2D eigenvalue weighted by Gasteiger charge is 2.15. The van der Waals surface area contributed by atoms with Gasteiger partial charge in [0.25, 0.3) is 0 Å². The molecule has 0 aliphatic carbocycles. The molecule has 25 heavy (non-hydrogen) atoms. The summed E-state index contributed by atoms with van der Waals surface area (Å²) < 4.78 is 18.2. The third-order valence-corrected chi connectivity index (χ3v) is 4.32. The third kappa shape index (κ3) is 5.15. The Hall–Kier alpha value is -2.16. The molecule has 0 saturated carbocycles. The van der Waals surface area contributed by atoms with Gasteiger partial charge in [-0.1, -0.05) is 29.3 Å². The Morgan fingerprint density at radius 3 is 2.64 bits per heavy atom. The van der Waals surface area contributed by atoms with Crippen LogP contribution >= 0.6 is 15.9 Å². The van der Waals surface area contributed by atoms with Crippen LogP contribution in [0.3, 0.4) is 0 Å². The maximum absolute atomic E-state index is 12.1. The zero-order valence-corrected chi connectivity index (χ0v) is 16.1. The lowest BCUT2D eigenvalue weighted by Gasteiger charge is -2.11. The van der Waals surface area contributed by atoms with Crippen molar-refractivity contribution in [1.82, 2.24) is 20.2 Å². The monoisotopic (exact) mass is 412 g/mol. The number of hydrogen-bond acceptors (Lipinski definition) is 7. The number of carbonyl (C=O) groups is 1. The van der Waals surface area contributed by atoms with Crippen LogP contribution in [0.15, 0.2) is 16.6 Å². The second kappa shape index (κ2) is 9.36. The van der Waals surface area contributed by atoms with E-state index in [2.05, 4.69) is 38.4 Å². The van der Waals surface area contributed by atoms with E-state index in [1.165, 1.54) is 0 Å². The van der Waals surface area contributed by atoms with E-state index >= 15 is 0 Å². The number of rotatable bonds is 9. The standard InChI is InChI=1S/C16H21BrN4O4/c1-4-5-6-21-15(18-19-20-21)10-25-16(22)8-11-7-13(23-2)14(24-3)9-12(11)17/h7,9H,4-6,8,10H2,1-3H3. The van der Waals surface area contributed by atoms with Crippen LogP contribution in [-0.2, 0) is 29.1 Å². The van der Waals surface area contributed by atoms with Crippen molar-refractivity contribution in [3.63, 3.8) is 0 Å². The number of aryl methyl sites for hydroxylation is 1. The number of aromatic nitrogens is 4. The average molecular weight is 413 g/mol. The molecule has 8 nitrogen and oxygen atoms in total. The van der Waals surface area contributed by atoms with Crippen LogP contribution in [0.25, 0.3) is 0 Å². The first-order valence-electron chi connectivity index (χ1n) is 7.90. The van der Waals surface area contributed by atoms with Crippen LogP contribution in [0.1, 0.15) is 31.2 Å². The van der Waals surface area contributed by atoms with Gasteiger partial charge in [-0.05, 0) is 34.5 Å². The summed E-state index contributed by atoms with van der Waals surface area (Å²) in [7, 11) is 3.10. The van der Waals surface area contributed by atoms with Crippen LogP contribution in [0.5, 0.6) is 11.5 Å². The number of tetrazole rings is 1. The van der Waals surface area contributed by atoms with E-state index < -0.39 is 0 Å². The molecule has 136 valence electrons. The van der Waals surface area contributed by atoms with Gasteiger partial charge in [-0.2, -0.15) is 0 Å². The summed E-state index contributed by atoms with van der Waals surface area (Å²) in [6.45, 7) is 2.84. The van der Waals surface area contributed by atoms with Crippen molar-refractivity contribution in [2.24, 2.45) is 0 Å². The van der Waals surface area contributed by atoms with Gasteiger partial charge in [-0.3, -0.25) is 4.79 Å². The molecule has 0 unspecified atom stereocenters. The number of nitrogens with zero attached hydrogens (tertiary/aromatic N) is 4. The normalized spacial score (nSPS) is 10.6. The van der Waals surface area contributed by atoms with Crippen molar-refractivity contribution in [3.8, 4) is 11.5 Å². The lowest BCUT2D eigenvalue weighted by molar-refractivity contribution is -0.144. The van der Waals surface area contributed by atoms with Crippen LogP contribution in [0.4, 0.5) is 0 Å². The first-order chi connectivity index (χ1) is 12.1. The number of halogens is 1. The van der Waals surface area contributed by atoms with E-state index in [1.54, 1.807) is 31.0 Å². The molecule has 0 atom stereocenters. The van der Waals surface area contributed by atoms with Crippen molar-refractivity contribution in [1.29, 1.82) is 0 Å². The minimum absolute atomic E-state index is 0.0421. The topological polar surface area (TPSA) is 88.4 Å². The first kappa shape index (κ1) is 19.2. The molecule has 0 aliphatic rings. The summed E-state index contributed by atoms with van der Waals surface area (Å²) in [6, 6.07) is 3.50. The Balaban J connectivity index is 1.98. The molecule has 0 amide bonds. The summed E-state index contributed by atoms with van der Waals surface area (Å²) in [5.74, 6) is 1.30. The summed E-state index contributed by atoms with van der Waals surface area (Å²) >= 11 is 3.43. The summed E-state index contributed by atoms with van der Waals surface area (Å²) in [5, 5.41) is 11.4. The van der Waals surface area contributed by atoms with E-state index in [1.807, 2.05) is 0 Å². The molecule has 1 aromatic heterocycles. The second-order valence-corrected chi connectivity index (χ2v) is 6.16. The summed E-state index contributed by atoms with van der Waals surface area (Å²) in [6.07, 6.45) is 2.09. The number of unbranched alkanes of at least 4 members (excludes halogenated alkanes) is 1. The Bertz CT molecular complexity index is 720. The van der Waals surface area contributed by atoms with Crippen LogP contribution in [-0.4, -0.2) is 40.4 Å². The lowest BCUT2D eigenvalue weighted by atomic mass is 10.1. The van der Waals surface area contributed by atoms with Gasteiger partial charge in [0.1, 0.15) is 0 Å². The average Bonchev–Trinajstić information content (AvgIpc) is 3.06. The number of benzene rings is 1. The van der Waals surface area contributed by atoms with Crippen molar-refractivity contribution in [2.75, 3.05) is 14.2 Å². The maximum atomic E-state index is 12.1. The fourth-order valence-corrected chi connectivity index (χ4v) is 2.65. The highest BCUT2D eigenvalue weighted by molar-refractivity contribution is 9.10. The van der Waals surface area contributed by atoms with Gasteiger partial charge < -0.3 is 14.2 Å². The Kier molecular flexibility index (Phi) is 7.17. The van der Waals surface area contributed by atoms with Gasteiger partial charge >= 0.3 is 5.97 Å². The Morgan fingerprint density at radius 2 is 1.96 bits per heavy atom. The predicted molar refractivity (Wildman–Crippen MR) is 93.5 cm³/mol. The van der Waals surface area contributed by atoms with E-state index in [9.17, 15) is 4.79 Å². The molecular formula is C16H21BrN4O4. The fraction of sp³-hybridized carbons (Fsp3) is 0.500. The largest absolute Gasteiger partial charge is 0.493 e. The molecule has 2 aromatic rings. The quantitative estimate of drug-likeness (QED) is 0.584. The molecule has 2 rings (SSSR count). The summed E-state index contributed by atoms with van der Waals surface area (Å²) in [5.41, 5.74) is 0.744. The molecular weight excluding hydrogens is 392 g/mol. The van der Waals surface area contributed by atoms with Gasteiger partial charge in [0.2, 0.25) is 0 Å². The molecule has 1 heterocycles. The minimum Gasteiger partial charge on any atom is -0.493 e. The van der Waals surface area contributed by atoms with Crippen molar-refractivity contribution in [3.05, 3.63) is 28.0 Å². The van der Waals surface area contributed by atoms with Crippen LogP contribution < -0.4 is 9.47 Å². The van der Waals surface area contributed by atoms with Gasteiger partial charge in [-0.15, -0.1) is 5.10 Å². The Morgan fingerprint density at radius 1 is 1.24 bits per heavy atom. The second-order valence-electron chi connectivity index (χ2n) is 5.31. The third-order valence-electron chi connectivity index (χ3n) is 3.58. The molecule has 0 radical (unpaired) electrons. The maximum Gasteiger partial charge on any atom is 0.310 e. The number of hydrogen-bond donors (Lipinski definition) is 0. The molecule has 0 N–H and O–H groups in total. The fourth-order valence-electron chi connectivity index (χ4n) is 2.19. The summed E-state index contributed by atoms with van der Waals surface area (Å²) in [4.78, 5) is 12.1. The van der Waals surface area contributed by atoms with Gasteiger partial charge in [-0.25, -0.2) is 4.68 Å². The number of ether oxygens (including phenoxy) is 3. The zero-order valence-electron chi connectivity index (χ0n) is 14.5. The molecule has 0 spiro atoms. The van der Waals surface area contributed by atoms with E-state index in [4.69, 9.17) is 14.2 Å². The first-order valence-corrected chi connectivity index (χ1v) is 8.69. The lowest BCUT2D eigenvalue weighted by Crippen LogP contribution is -2.13. The zero-order chi connectivity index (χ0) is 18.2. The molecule has 0 bridgehead atoms. The van der Waals surface area contributed by atoms with E-state index in [0.717, 1.165) is 22.9 Å². The molecule has 0 aliphatic heterocycles. The van der Waals surface area contributed by atoms with Gasteiger partial charge in [0.05, 0.1) is 20.6 Å². The van der Waals surface area contributed by atoms with Crippen LogP contribution in [0, 0.1) is 0 Å². The van der Waals surface area contributed by atoms with Gasteiger partial charge in [0.15, 0.2) is 23.9 Å². The minimum atomic E-state index is -0.377. The predicted octanol–water partition coefficient (Wildman–Crippen LogP) is 2.54. The van der Waals surface area contributed by atoms with Crippen molar-refractivity contribution in [2.45, 2.75) is 39.3 Å². The molecule has 0 fully saturated rings. The number of methoxy groups -OCH3 is 2. The molecule has 1 aromatic carbocycles. The Labute approximate surface area is 154 Å². The highest BCUT2D eigenvalue weighted by atomic mass is 79.9.